The summed E-state index contributed by atoms with van der Waals surface area (Å²) in [5, 5.41) is 0. The Kier molecular flexibility index (Phi) is 11.7. The van der Waals surface area contributed by atoms with Crippen LogP contribution in [0.5, 0.6) is 0 Å². The molecule has 0 amide bonds. The SMILES string of the molecule is CCOC(OCC)C(C#CC(OC(C)=O)C(C)C)(OCC)OCC. The highest BCUT2D eigenvalue weighted by molar-refractivity contribution is 5.66. The minimum absolute atomic E-state index is 0.0278. The first-order valence-electron chi connectivity index (χ1n) is 8.57. The van der Waals surface area contributed by atoms with E-state index in [0.717, 1.165) is 0 Å². The molecule has 0 aliphatic rings. The summed E-state index contributed by atoms with van der Waals surface area (Å²) >= 11 is 0. The zero-order valence-corrected chi connectivity index (χ0v) is 16.0. The minimum atomic E-state index is -1.37. The average molecular weight is 344 g/mol. The first-order chi connectivity index (χ1) is 11.4. The largest absolute Gasteiger partial charge is 0.449 e. The van der Waals surface area contributed by atoms with Crippen molar-refractivity contribution in [1.29, 1.82) is 0 Å². The lowest BCUT2D eigenvalue weighted by Gasteiger charge is -2.34. The van der Waals surface area contributed by atoms with Crippen molar-refractivity contribution in [2.24, 2.45) is 5.92 Å². The number of hydrogen-bond donors (Lipinski definition) is 0. The van der Waals surface area contributed by atoms with Gasteiger partial charge in [-0.15, -0.1) is 0 Å². The molecule has 1 unspecified atom stereocenters. The lowest BCUT2D eigenvalue weighted by atomic mass is 10.1. The maximum Gasteiger partial charge on any atom is 0.303 e. The van der Waals surface area contributed by atoms with Crippen LogP contribution in [-0.2, 0) is 28.5 Å². The summed E-state index contributed by atoms with van der Waals surface area (Å²) in [4.78, 5) is 11.3. The lowest BCUT2D eigenvalue weighted by molar-refractivity contribution is -0.321. The third kappa shape index (κ3) is 7.63. The van der Waals surface area contributed by atoms with Crippen LogP contribution in [0.3, 0.4) is 0 Å². The van der Waals surface area contributed by atoms with E-state index in [2.05, 4.69) is 11.8 Å². The van der Waals surface area contributed by atoms with Crippen LogP contribution in [0.1, 0.15) is 48.5 Å². The van der Waals surface area contributed by atoms with Gasteiger partial charge in [0.1, 0.15) is 0 Å². The van der Waals surface area contributed by atoms with E-state index in [1.165, 1.54) is 6.92 Å². The van der Waals surface area contributed by atoms with Gasteiger partial charge in [0.15, 0.2) is 6.10 Å². The Morgan fingerprint density at radius 1 is 0.958 bits per heavy atom. The molecule has 0 spiro atoms. The molecule has 1 atom stereocenters. The molecule has 0 N–H and O–H groups in total. The van der Waals surface area contributed by atoms with Crippen LogP contribution in [-0.4, -0.2) is 50.6 Å². The summed E-state index contributed by atoms with van der Waals surface area (Å²) in [5.74, 6) is 4.20. The van der Waals surface area contributed by atoms with E-state index in [1.54, 1.807) is 0 Å². The fraction of sp³-hybridized carbons (Fsp3) is 0.833. The molecule has 0 aliphatic carbocycles. The summed E-state index contributed by atoms with van der Waals surface area (Å²) in [6.45, 7) is 14.2. The van der Waals surface area contributed by atoms with E-state index in [0.29, 0.717) is 26.4 Å². The topological polar surface area (TPSA) is 63.2 Å². The predicted octanol–water partition coefficient (Wildman–Crippen LogP) is 2.75. The van der Waals surface area contributed by atoms with E-state index in [9.17, 15) is 4.79 Å². The Balaban J connectivity index is 5.74. The summed E-state index contributed by atoms with van der Waals surface area (Å²) in [5.41, 5.74) is 0. The fourth-order valence-corrected chi connectivity index (χ4v) is 1.99. The van der Waals surface area contributed by atoms with Crippen molar-refractivity contribution >= 4 is 5.97 Å². The first-order valence-corrected chi connectivity index (χ1v) is 8.57. The molecule has 6 heteroatoms. The molecule has 0 rings (SSSR count). The quantitative estimate of drug-likeness (QED) is 0.326. The normalized spacial score (nSPS) is 12.9. The van der Waals surface area contributed by atoms with Gasteiger partial charge in [-0.3, -0.25) is 4.79 Å². The molecule has 0 saturated heterocycles. The van der Waals surface area contributed by atoms with E-state index in [-0.39, 0.29) is 11.9 Å². The molecule has 6 nitrogen and oxygen atoms in total. The van der Waals surface area contributed by atoms with Gasteiger partial charge in [0.05, 0.1) is 0 Å². The van der Waals surface area contributed by atoms with Gasteiger partial charge in [0.25, 0.3) is 5.79 Å². The monoisotopic (exact) mass is 344 g/mol. The fourth-order valence-electron chi connectivity index (χ4n) is 1.99. The highest BCUT2D eigenvalue weighted by Gasteiger charge is 2.42. The Hall–Kier alpha value is -1.13. The molecule has 0 aromatic rings. The third-order valence-corrected chi connectivity index (χ3v) is 2.95. The van der Waals surface area contributed by atoms with Crippen molar-refractivity contribution in [3.8, 4) is 11.8 Å². The average Bonchev–Trinajstić information content (AvgIpc) is 2.50. The van der Waals surface area contributed by atoms with E-state index < -0.39 is 18.2 Å². The number of ether oxygens (including phenoxy) is 5. The smallest absolute Gasteiger partial charge is 0.303 e. The van der Waals surface area contributed by atoms with E-state index in [4.69, 9.17) is 23.7 Å². The maximum atomic E-state index is 11.3. The predicted molar refractivity (Wildman–Crippen MR) is 91.2 cm³/mol. The van der Waals surface area contributed by atoms with Crippen molar-refractivity contribution in [3.63, 3.8) is 0 Å². The van der Waals surface area contributed by atoms with Crippen molar-refractivity contribution < 1.29 is 28.5 Å². The second kappa shape index (κ2) is 12.3. The van der Waals surface area contributed by atoms with Crippen molar-refractivity contribution in [2.45, 2.75) is 66.6 Å². The van der Waals surface area contributed by atoms with E-state index in [1.807, 2.05) is 41.5 Å². The Labute approximate surface area is 146 Å². The van der Waals surface area contributed by atoms with E-state index >= 15 is 0 Å². The lowest BCUT2D eigenvalue weighted by Crippen LogP contribution is -2.49. The summed E-state index contributed by atoms with van der Waals surface area (Å²) in [6, 6.07) is 0. The van der Waals surface area contributed by atoms with Crippen molar-refractivity contribution in [2.75, 3.05) is 26.4 Å². The third-order valence-electron chi connectivity index (χ3n) is 2.95. The van der Waals surface area contributed by atoms with Gasteiger partial charge < -0.3 is 23.7 Å². The van der Waals surface area contributed by atoms with Crippen LogP contribution in [0.25, 0.3) is 0 Å². The molecule has 0 fully saturated rings. The van der Waals surface area contributed by atoms with Gasteiger partial charge in [0, 0.05) is 39.3 Å². The van der Waals surface area contributed by atoms with Gasteiger partial charge in [-0.2, -0.15) is 0 Å². The molecule has 0 saturated carbocycles. The second-order valence-electron chi connectivity index (χ2n) is 5.32. The zero-order valence-electron chi connectivity index (χ0n) is 16.0. The van der Waals surface area contributed by atoms with Crippen LogP contribution < -0.4 is 0 Å². The zero-order chi connectivity index (χ0) is 18.6. The Morgan fingerprint density at radius 2 is 1.46 bits per heavy atom. The number of hydrogen-bond acceptors (Lipinski definition) is 6. The van der Waals surface area contributed by atoms with Gasteiger partial charge in [-0.1, -0.05) is 19.8 Å². The van der Waals surface area contributed by atoms with Gasteiger partial charge in [0.2, 0.25) is 6.29 Å². The number of esters is 1. The minimum Gasteiger partial charge on any atom is -0.449 e. The van der Waals surface area contributed by atoms with Gasteiger partial charge in [-0.05, 0) is 33.6 Å². The van der Waals surface area contributed by atoms with Crippen LogP contribution in [0.15, 0.2) is 0 Å². The highest BCUT2D eigenvalue weighted by Crippen LogP contribution is 2.23. The molecule has 140 valence electrons. The van der Waals surface area contributed by atoms with Gasteiger partial charge >= 0.3 is 5.97 Å². The number of rotatable bonds is 11. The molecule has 0 radical (unpaired) electrons. The summed E-state index contributed by atoms with van der Waals surface area (Å²) in [6.07, 6.45) is -1.36. The summed E-state index contributed by atoms with van der Waals surface area (Å²) < 4.78 is 28.1. The standard InChI is InChI=1S/C18H32O6/c1-8-20-17(21-9-2)18(22-10-3,23-11-4)13-12-16(14(5)6)24-15(7)19/h14,16-17H,8-11H2,1-7H3. The molecule has 24 heavy (non-hydrogen) atoms. The molecule has 0 aliphatic heterocycles. The van der Waals surface area contributed by atoms with Crippen LogP contribution in [0, 0.1) is 17.8 Å². The van der Waals surface area contributed by atoms with Crippen LogP contribution in [0.2, 0.25) is 0 Å². The molecule has 0 aromatic carbocycles. The van der Waals surface area contributed by atoms with Crippen molar-refractivity contribution in [3.05, 3.63) is 0 Å². The van der Waals surface area contributed by atoms with Crippen molar-refractivity contribution in [1.82, 2.24) is 0 Å². The van der Waals surface area contributed by atoms with Gasteiger partial charge in [-0.25, -0.2) is 0 Å². The molecule has 0 bridgehead atoms. The molecule has 0 aromatic heterocycles. The van der Waals surface area contributed by atoms with Crippen LogP contribution >= 0.6 is 0 Å². The van der Waals surface area contributed by atoms with Crippen LogP contribution in [0.4, 0.5) is 0 Å². The number of carbonyl (C=O) groups is 1. The first kappa shape index (κ1) is 22.9. The second-order valence-corrected chi connectivity index (χ2v) is 5.32. The summed E-state index contributed by atoms with van der Waals surface area (Å²) in [7, 11) is 0. The Bertz CT molecular complexity index is 397. The highest BCUT2D eigenvalue weighted by atomic mass is 16.8. The molecular weight excluding hydrogens is 312 g/mol. The maximum absolute atomic E-state index is 11.3. The number of carbonyl (C=O) groups excluding carboxylic acids is 1. The Morgan fingerprint density at radius 3 is 1.79 bits per heavy atom. The molecule has 0 heterocycles. The molecular formula is C18H32O6.